The molecule has 0 atom stereocenters. The number of esters is 1. The Morgan fingerprint density at radius 1 is 1.26 bits per heavy atom. The quantitative estimate of drug-likeness (QED) is 0.340. The molecule has 31 heavy (non-hydrogen) atoms. The minimum atomic E-state index is -0.510. The molecule has 9 heteroatoms. The number of imide groups is 1. The number of carbonyl (C=O) groups excluding carboxylic acids is 3. The highest BCUT2D eigenvalue weighted by Gasteiger charge is 2.33. The van der Waals surface area contributed by atoms with E-state index >= 15 is 0 Å². The summed E-state index contributed by atoms with van der Waals surface area (Å²) in [5, 5.41) is 2.83. The van der Waals surface area contributed by atoms with Gasteiger partial charge in [-0.25, -0.2) is 9.59 Å². The van der Waals surface area contributed by atoms with Crippen LogP contribution in [0.3, 0.4) is 0 Å². The molecular formula is C22H20BrClN2O5. The van der Waals surface area contributed by atoms with Crippen LogP contribution in [0.4, 0.5) is 4.79 Å². The highest BCUT2D eigenvalue weighted by Crippen LogP contribution is 2.35. The molecule has 0 bridgehead atoms. The Hall–Kier alpha value is -2.84. The van der Waals surface area contributed by atoms with Gasteiger partial charge in [-0.05, 0) is 59.1 Å². The van der Waals surface area contributed by atoms with Crippen LogP contribution in [0.2, 0.25) is 5.02 Å². The van der Waals surface area contributed by atoms with E-state index in [-0.39, 0.29) is 36.2 Å². The molecule has 162 valence electrons. The molecule has 3 rings (SSSR count). The van der Waals surface area contributed by atoms with E-state index in [2.05, 4.69) is 21.2 Å². The third kappa shape index (κ3) is 5.65. The summed E-state index contributed by atoms with van der Waals surface area (Å²) < 4.78 is 10.7. The zero-order chi connectivity index (χ0) is 22.5. The fourth-order valence-electron chi connectivity index (χ4n) is 3.01. The Morgan fingerprint density at radius 3 is 2.71 bits per heavy atom. The van der Waals surface area contributed by atoms with Gasteiger partial charge < -0.3 is 14.8 Å². The Morgan fingerprint density at radius 2 is 2.03 bits per heavy atom. The molecule has 2 aromatic rings. The number of aryl methyl sites for hydroxylation is 1. The number of nitrogens with zero attached hydrogens (tertiary/aromatic N) is 1. The summed E-state index contributed by atoms with van der Waals surface area (Å²) in [5.74, 6) is -0.661. The molecule has 1 aliphatic rings. The largest absolute Gasteiger partial charge is 0.479 e. The highest BCUT2D eigenvalue weighted by molar-refractivity contribution is 9.10. The third-order valence-electron chi connectivity index (χ3n) is 4.36. The van der Waals surface area contributed by atoms with E-state index in [1.165, 1.54) is 6.08 Å². The van der Waals surface area contributed by atoms with Gasteiger partial charge in [0.05, 0.1) is 22.6 Å². The summed E-state index contributed by atoms with van der Waals surface area (Å²) in [5.41, 5.74) is 2.62. The van der Waals surface area contributed by atoms with Crippen LogP contribution in [-0.4, -0.2) is 36.0 Å². The van der Waals surface area contributed by atoms with Gasteiger partial charge in [0.25, 0.3) is 5.91 Å². The van der Waals surface area contributed by atoms with Gasteiger partial charge in [-0.15, -0.1) is 0 Å². The lowest BCUT2D eigenvalue weighted by molar-refractivity contribution is -0.145. The van der Waals surface area contributed by atoms with Crippen LogP contribution in [0.15, 0.2) is 46.6 Å². The number of nitrogens with one attached hydrogen (secondary N) is 1. The van der Waals surface area contributed by atoms with Crippen molar-refractivity contribution in [2.75, 3.05) is 13.2 Å². The average molecular weight is 508 g/mol. The van der Waals surface area contributed by atoms with Crippen molar-refractivity contribution < 1.29 is 23.9 Å². The molecule has 7 nitrogen and oxygen atoms in total. The van der Waals surface area contributed by atoms with Gasteiger partial charge in [0.15, 0.2) is 12.4 Å². The first-order chi connectivity index (χ1) is 14.8. The number of rotatable bonds is 7. The molecule has 3 amide bonds. The number of hydrogen-bond donors (Lipinski definition) is 1. The van der Waals surface area contributed by atoms with Gasteiger partial charge in [-0.2, -0.15) is 0 Å². The summed E-state index contributed by atoms with van der Waals surface area (Å²) in [6.07, 6.45) is 1.53. The van der Waals surface area contributed by atoms with Crippen LogP contribution < -0.4 is 10.1 Å². The second kappa shape index (κ2) is 9.98. The second-order valence-electron chi connectivity index (χ2n) is 6.78. The Bertz CT molecular complexity index is 1050. The summed E-state index contributed by atoms with van der Waals surface area (Å²) in [7, 11) is 0. The van der Waals surface area contributed by atoms with Gasteiger partial charge in [0.2, 0.25) is 0 Å². The molecule has 2 aromatic carbocycles. The maximum Gasteiger partial charge on any atom is 0.344 e. The lowest BCUT2D eigenvalue weighted by Crippen LogP contribution is -2.30. The van der Waals surface area contributed by atoms with Gasteiger partial charge in [0.1, 0.15) is 5.70 Å². The first kappa shape index (κ1) is 22.8. The third-order valence-corrected chi connectivity index (χ3v) is 5.23. The van der Waals surface area contributed by atoms with Crippen LogP contribution in [0.1, 0.15) is 23.6 Å². The zero-order valence-electron chi connectivity index (χ0n) is 16.9. The normalized spacial score (nSPS) is 14.7. The smallest absolute Gasteiger partial charge is 0.344 e. The number of carbonyl (C=O) groups is 3. The molecule has 0 aromatic heterocycles. The maximum absolute atomic E-state index is 12.7. The van der Waals surface area contributed by atoms with Crippen LogP contribution in [0.25, 0.3) is 6.08 Å². The highest BCUT2D eigenvalue weighted by atomic mass is 79.9. The lowest BCUT2D eigenvalue weighted by Gasteiger charge is -2.12. The first-order valence-electron chi connectivity index (χ1n) is 9.46. The van der Waals surface area contributed by atoms with Crippen LogP contribution >= 0.6 is 27.5 Å². The van der Waals surface area contributed by atoms with E-state index in [0.29, 0.717) is 10.0 Å². The van der Waals surface area contributed by atoms with E-state index in [1.54, 1.807) is 19.1 Å². The summed E-state index contributed by atoms with van der Waals surface area (Å²) in [6, 6.07) is 10.4. The molecule has 1 N–H and O–H groups in total. The van der Waals surface area contributed by atoms with Crippen molar-refractivity contribution in [3.63, 3.8) is 0 Å². The fourth-order valence-corrected chi connectivity index (χ4v) is 4.00. The molecule has 1 heterocycles. The first-order valence-corrected chi connectivity index (χ1v) is 10.6. The van der Waals surface area contributed by atoms with E-state index in [0.717, 1.165) is 16.0 Å². The molecule has 0 saturated carbocycles. The SMILES string of the molecule is CCOC(=O)COc1c(Cl)cc(/C=C2/NC(=O)N(Cc3cccc(C)c3)C2=O)cc1Br. The summed E-state index contributed by atoms with van der Waals surface area (Å²) in [6.45, 7) is 3.80. The minimum absolute atomic E-state index is 0.140. The predicted molar refractivity (Wildman–Crippen MR) is 120 cm³/mol. The van der Waals surface area contributed by atoms with E-state index in [4.69, 9.17) is 21.1 Å². The Labute approximate surface area is 193 Å². The van der Waals surface area contributed by atoms with Crippen molar-refractivity contribution >= 4 is 51.5 Å². The Balaban J connectivity index is 1.76. The van der Waals surface area contributed by atoms with Crippen molar-refractivity contribution in [3.05, 3.63) is 68.3 Å². The van der Waals surface area contributed by atoms with Crippen molar-refractivity contribution in [1.29, 1.82) is 0 Å². The van der Waals surface area contributed by atoms with Crippen LogP contribution in [0, 0.1) is 6.92 Å². The molecular weight excluding hydrogens is 488 g/mol. The van der Waals surface area contributed by atoms with Crippen LogP contribution in [-0.2, 0) is 20.9 Å². The molecule has 1 saturated heterocycles. The molecule has 0 spiro atoms. The molecule has 1 fully saturated rings. The van der Waals surface area contributed by atoms with E-state index < -0.39 is 17.9 Å². The van der Waals surface area contributed by atoms with Crippen molar-refractivity contribution in [1.82, 2.24) is 10.2 Å². The standard InChI is InChI=1S/C22H20BrClN2O5/c1-3-30-19(27)12-31-20-16(23)8-15(9-17(20)24)10-18-21(28)26(22(29)25-18)11-14-6-4-5-13(2)7-14/h4-10H,3,11-12H2,1-2H3,(H,25,29)/b18-10+. The molecule has 1 aliphatic heterocycles. The topological polar surface area (TPSA) is 84.9 Å². The number of amides is 3. The second-order valence-corrected chi connectivity index (χ2v) is 8.04. The lowest BCUT2D eigenvalue weighted by atomic mass is 10.1. The van der Waals surface area contributed by atoms with Gasteiger partial charge in [0, 0.05) is 0 Å². The maximum atomic E-state index is 12.7. The van der Waals surface area contributed by atoms with Crippen molar-refractivity contribution in [2.45, 2.75) is 20.4 Å². The fraction of sp³-hybridized carbons (Fsp3) is 0.227. The minimum Gasteiger partial charge on any atom is -0.479 e. The Kier molecular flexibility index (Phi) is 7.35. The van der Waals surface area contributed by atoms with Crippen LogP contribution in [0.5, 0.6) is 5.75 Å². The van der Waals surface area contributed by atoms with Crippen molar-refractivity contribution in [3.8, 4) is 5.75 Å². The molecule has 0 aliphatic carbocycles. The number of ether oxygens (including phenoxy) is 2. The number of urea groups is 1. The van der Waals surface area contributed by atoms with Crippen molar-refractivity contribution in [2.24, 2.45) is 0 Å². The summed E-state index contributed by atoms with van der Waals surface area (Å²) >= 11 is 9.63. The summed E-state index contributed by atoms with van der Waals surface area (Å²) in [4.78, 5) is 37.7. The molecule has 0 unspecified atom stereocenters. The molecule has 0 radical (unpaired) electrons. The van der Waals surface area contributed by atoms with Gasteiger partial charge >= 0.3 is 12.0 Å². The van der Waals surface area contributed by atoms with Gasteiger partial charge in [-0.3, -0.25) is 9.69 Å². The monoisotopic (exact) mass is 506 g/mol. The van der Waals surface area contributed by atoms with E-state index in [9.17, 15) is 14.4 Å². The predicted octanol–water partition coefficient (Wildman–Crippen LogP) is 4.45. The van der Waals surface area contributed by atoms with E-state index in [1.807, 2.05) is 31.2 Å². The average Bonchev–Trinajstić information content (AvgIpc) is 2.95. The number of halogens is 2. The number of benzene rings is 2. The number of hydrogen-bond acceptors (Lipinski definition) is 5. The zero-order valence-corrected chi connectivity index (χ0v) is 19.2. The van der Waals surface area contributed by atoms with Gasteiger partial charge in [-0.1, -0.05) is 41.4 Å².